The average molecular weight is 270 g/mol. The smallest absolute Gasteiger partial charge is 0.0522 e. The minimum Gasteiger partial charge on any atom is -0.316 e. The topological polar surface area (TPSA) is 29.9 Å². The van der Waals surface area contributed by atoms with E-state index >= 15 is 0 Å². The number of hydrogen-bond donors (Lipinski definition) is 1. The minimum atomic E-state index is 0. The van der Waals surface area contributed by atoms with Crippen LogP contribution in [0.1, 0.15) is 62.6 Å². The fourth-order valence-corrected chi connectivity index (χ4v) is 3.38. The molecule has 1 atom stereocenters. The fraction of sp³-hybridized carbons (Fsp3) is 0.786. The van der Waals surface area contributed by atoms with Crippen LogP contribution < -0.4 is 5.32 Å². The first kappa shape index (κ1) is 13.9. The van der Waals surface area contributed by atoms with Crippen LogP contribution in [0.25, 0.3) is 0 Å². The van der Waals surface area contributed by atoms with Gasteiger partial charge in [-0.25, -0.2) is 0 Å². The first-order valence-electron chi connectivity index (χ1n) is 7.19. The molecule has 1 aromatic heterocycles. The molecule has 1 saturated heterocycles. The Balaban J connectivity index is 0.00000120. The molecule has 2 fully saturated rings. The molecule has 0 amide bonds. The van der Waals surface area contributed by atoms with E-state index in [0.717, 1.165) is 6.54 Å². The molecule has 4 heteroatoms. The van der Waals surface area contributed by atoms with Crippen LogP contribution in [0.4, 0.5) is 0 Å². The van der Waals surface area contributed by atoms with Gasteiger partial charge in [-0.3, -0.25) is 4.68 Å². The van der Waals surface area contributed by atoms with Crippen LogP contribution in [0.15, 0.2) is 12.3 Å². The Labute approximate surface area is 116 Å². The van der Waals surface area contributed by atoms with Crippen LogP contribution in [0.5, 0.6) is 0 Å². The van der Waals surface area contributed by atoms with Gasteiger partial charge in [-0.15, -0.1) is 12.4 Å². The molecule has 1 N–H and O–H groups in total. The number of rotatable bonds is 2. The number of halogens is 1. The van der Waals surface area contributed by atoms with E-state index in [4.69, 9.17) is 0 Å². The summed E-state index contributed by atoms with van der Waals surface area (Å²) < 4.78 is 2.34. The van der Waals surface area contributed by atoms with Crippen LogP contribution in [0.3, 0.4) is 0 Å². The van der Waals surface area contributed by atoms with E-state index in [1.54, 1.807) is 0 Å². The number of nitrogens with zero attached hydrogens (tertiary/aromatic N) is 2. The molecule has 0 radical (unpaired) electrons. The van der Waals surface area contributed by atoms with Crippen molar-refractivity contribution in [2.24, 2.45) is 0 Å². The number of piperidine rings is 1. The zero-order valence-corrected chi connectivity index (χ0v) is 11.8. The molecule has 1 saturated carbocycles. The predicted octanol–water partition coefficient (Wildman–Crippen LogP) is 3.28. The van der Waals surface area contributed by atoms with Crippen LogP contribution in [-0.4, -0.2) is 22.9 Å². The van der Waals surface area contributed by atoms with E-state index in [0.29, 0.717) is 12.0 Å². The third-order valence-electron chi connectivity index (χ3n) is 4.34. The van der Waals surface area contributed by atoms with Gasteiger partial charge in [0.15, 0.2) is 0 Å². The molecular weight excluding hydrogens is 246 g/mol. The molecule has 0 aromatic carbocycles. The van der Waals surface area contributed by atoms with Crippen LogP contribution in [0, 0.1) is 0 Å². The zero-order valence-electron chi connectivity index (χ0n) is 11.0. The Hall–Kier alpha value is -0.540. The highest BCUT2D eigenvalue weighted by atomic mass is 35.5. The molecule has 3 nitrogen and oxygen atoms in total. The first-order chi connectivity index (χ1) is 8.45. The van der Waals surface area contributed by atoms with E-state index in [1.807, 2.05) is 6.20 Å². The number of aromatic nitrogens is 2. The SMILES string of the molecule is Cl.c1cc(C2CCCNC2)n(C2CCCCC2)n1. The third kappa shape index (κ3) is 2.89. The van der Waals surface area contributed by atoms with Crippen LogP contribution >= 0.6 is 12.4 Å². The van der Waals surface area contributed by atoms with Crippen molar-refractivity contribution in [1.82, 2.24) is 15.1 Å². The molecular formula is C14H24ClN3. The molecule has 18 heavy (non-hydrogen) atoms. The molecule has 102 valence electrons. The summed E-state index contributed by atoms with van der Waals surface area (Å²) in [7, 11) is 0. The van der Waals surface area contributed by atoms with Crippen molar-refractivity contribution in [2.75, 3.05) is 13.1 Å². The first-order valence-corrected chi connectivity index (χ1v) is 7.19. The number of nitrogens with one attached hydrogen (secondary N) is 1. The summed E-state index contributed by atoms with van der Waals surface area (Å²) in [6.45, 7) is 2.33. The Morgan fingerprint density at radius 2 is 1.94 bits per heavy atom. The van der Waals surface area contributed by atoms with Gasteiger partial charge in [-0.1, -0.05) is 19.3 Å². The third-order valence-corrected chi connectivity index (χ3v) is 4.34. The quantitative estimate of drug-likeness (QED) is 0.893. The standard InChI is InChI=1S/C14H23N3.ClH/c1-2-6-13(7-3-1)17-14(8-10-16-17)12-5-4-9-15-11-12;/h8,10,12-13,15H,1-7,9,11H2;1H. The van der Waals surface area contributed by atoms with E-state index < -0.39 is 0 Å². The maximum atomic E-state index is 4.60. The van der Waals surface area contributed by atoms with E-state index in [2.05, 4.69) is 21.2 Å². The lowest BCUT2D eigenvalue weighted by molar-refractivity contribution is 0.310. The summed E-state index contributed by atoms with van der Waals surface area (Å²) in [5.41, 5.74) is 1.48. The molecule has 0 spiro atoms. The highest BCUT2D eigenvalue weighted by molar-refractivity contribution is 5.85. The second-order valence-corrected chi connectivity index (χ2v) is 5.54. The maximum Gasteiger partial charge on any atom is 0.0522 e. The molecule has 1 aromatic rings. The monoisotopic (exact) mass is 269 g/mol. The van der Waals surface area contributed by atoms with Crippen LogP contribution in [0.2, 0.25) is 0 Å². The fourth-order valence-electron chi connectivity index (χ4n) is 3.38. The van der Waals surface area contributed by atoms with Gasteiger partial charge < -0.3 is 5.32 Å². The second-order valence-electron chi connectivity index (χ2n) is 5.54. The van der Waals surface area contributed by atoms with Crippen LogP contribution in [-0.2, 0) is 0 Å². The Kier molecular flexibility index (Phi) is 5.07. The molecule has 3 rings (SSSR count). The number of hydrogen-bond acceptors (Lipinski definition) is 2. The Morgan fingerprint density at radius 1 is 1.11 bits per heavy atom. The van der Waals surface area contributed by atoms with Gasteiger partial charge in [0.25, 0.3) is 0 Å². The maximum absolute atomic E-state index is 4.60. The van der Waals surface area contributed by atoms with Crippen molar-refractivity contribution in [3.63, 3.8) is 0 Å². The van der Waals surface area contributed by atoms with Gasteiger partial charge in [-0.05, 0) is 38.3 Å². The minimum absolute atomic E-state index is 0. The largest absolute Gasteiger partial charge is 0.316 e. The molecule has 2 aliphatic rings. The Morgan fingerprint density at radius 3 is 2.67 bits per heavy atom. The van der Waals surface area contributed by atoms with Gasteiger partial charge in [0.1, 0.15) is 0 Å². The van der Waals surface area contributed by atoms with Crippen molar-refractivity contribution < 1.29 is 0 Å². The van der Waals surface area contributed by atoms with Crippen molar-refractivity contribution in [2.45, 2.75) is 56.9 Å². The summed E-state index contributed by atoms with van der Waals surface area (Å²) in [5, 5.41) is 8.12. The molecule has 2 heterocycles. The summed E-state index contributed by atoms with van der Waals surface area (Å²) in [6.07, 6.45) is 11.5. The summed E-state index contributed by atoms with van der Waals surface area (Å²) >= 11 is 0. The Bertz CT molecular complexity index is 319. The normalized spacial score (nSPS) is 25.7. The van der Waals surface area contributed by atoms with Gasteiger partial charge in [0.05, 0.1) is 6.04 Å². The van der Waals surface area contributed by atoms with Gasteiger partial charge in [-0.2, -0.15) is 5.10 Å². The summed E-state index contributed by atoms with van der Waals surface area (Å²) in [4.78, 5) is 0. The van der Waals surface area contributed by atoms with Crippen molar-refractivity contribution >= 4 is 12.4 Å². The lowest BCUT2D eigenvalue weighted by Crippen LogP contribution is -2.30. The second kappa shape index (κ2) is 6.58. The van der Waals surface area contributed by atoms with Crippen molar-refractivity contribution in [1.29, 1.82) is 0 Å². The van der Waals surface area contributed by atoms with Gasteiger partial charge in [0.2, 0.25) is 0 Å². The van der Waals surface area contributed by atoms with E-state index in [1.165, 1.54) is 57.2 Å². The van der Waals surface area contributed by atoms with Gasteiger partial charge >= 0.3 is 0 Å². The predicted molar refractivity (Wildman–Crippen MR) is 76.4 cm³/mol. The molecule has 1 aliphatic carbocycles. The van der Waals surface area contributed by atoms with E-state index in [9.17, 15) is 0 Å². The van der Waals surface area contributed by atoms with Crippen molar-refractivity contribution in [3.8, 4) is 0 Å². The lowest BCUT2D eigenvalue weighted by atomic mass is 9.92. The molecule has 0 bridgehead atoms. The molecule has 1 unspecified atom stereocenters. The lowest BCUT2D eigenvalue weighted by Gasteiger charge is -2.28. The van der Waals surface area contributed by atoms with E-state index in [-0.39, 0.29) is 12.4 Å². The average Bonchev–Trinajstić information content (AvgIpc) is 2.90. The van der Waals surface area contributed by atoms with Crippen molar-refractivity contribution in [3.05, 3.63) is 18.0 Å². The highest BCUT2D eigenvalue weighted by Gasteiger charge is 2.23. The molecule has 1 aliphatic heterocycles. The highest BCUT2D eigenvalue weighted by Crippen LogP contribution is 2.32. The van der Waals surface area contributed by atoms with Gasteiger partial charge in [0, 0.05) is 24.4 Å². The zero-order chi connectivity index (χ0) is 11.5. The summed E-state index contributed by atoms with van der Waals surface area (Å²) in [6, 6.07) is 2.92. The summed E-state index contributed by atoms with van der Waals surface area (Å²) in [5.74, 6) is 0.688.